The van der Waals surface area contributed by atoms with Gasteiger partial charge in [-0.25, -0.2) is 0 Å². The highest BCUT2D eigenvalue weighted by Crippen LogP contribution is 2.24. The van der Waals surface area contributed by atoms with Crippen molar-refractivity contribution >= 4 is 11.6 Å². The van der Waals surface area contributed by atoms with E-state index in [9.17, 15) is 0 Å². The second-order valence-corrected chi connectivity index (χ2v) is 5.06. The van der Waals surface area contributed by atoms with Crippen molar-refractivity contribution in [2.75, 3.05) is 0 Å². The number of rotatable bonds is 3. The van der Waals surface area contributed by atoms with Crippen LogP contribution < -0.4 is 5.32 Å². The first-order chi connectivity index (χ1) is 7.24. The van der Waals surface area contributed by atoms with E-state index < -0.39 is 0 Å². The predicted molar refractivity (Wildman–Crippen MR) is 65.1 cm³/mol. The van der Waals surface area contributed by atoms with Crippen LogP contribution in [-0.4, -0.2) is 6.04 Å². The van der Waals surface area contributed by atoms with Crippen molar-refractivity contribution in [3.05, 3.63) is 34.9 Å². The van der Waals surface area contributed by atoms with E-state index in [4.69, 9.17) is 11.6 Å². The maximum atomic E-state index is 5.84. The molecule has 2 rings (SSSR count). The molecule has 1 saturated carbocycles. The van der Waals surface area contributed by atoms with Crippen molar-refractivity contribution in [1.82, 2.24) is 5.32 Å². The largest absolute Gasteiger partial charge is 0.310 e. The number of halogens is 1. The number of hydrogen-bond acceptors (Lipinski definition) is 1. The third-order valence-corrected chi connectivity index (χ3v) is 3.45. The van der Waals surface area contributed by atoms with Gasteiger partial charge in [0.2, 0.25) is 0 Å². The van der Waals surface area contributed by atoms with Crippen LogP contribution >= 0.6 is 11.6 Å². The smallest absolute Gasteiger partial charge is 0.0406 e. The second kappa shape index (κ2) is 5.00. The molecule has 1 aromatic carbocycles. The van der Waals surface area contributed by atoms with Crippen molar-refractivity contribution in [1.29, 1.82) is 0 Å². The summed E-state index contributed by atoms with van der Waals surface area (Å²) in [7, 11) is 0. The first kappa shape index (κ1) is 11.0. The molecule has 0 radical (unpaired) electrons. The van der Waals surface area contributed by atoms with Gasteiger partial charge in [0.25, 0.3) is 0 Å². The summed E-state index contributed by atoms with van der Waals surface area (Å²) in [5.74, 6) is 0.896. The molecule has 0 unspecified atom stereocenters. The zero-order chi connectivity index (χ0) is 10.7. The minimum absolute atomic E-state index is 0.718. The van der Waals surface area contributed by atoms with Crippen LogP contribution in [0.15, 0.2) is 24.3 Å². The second-order valence-electron chi connectivity index (χ2n) is 4.62. The van der Waals surface area contributed by atoms with E-state index in [0.717, 1.165) is 23.5 Å². The Morgan fingerprint density at radius 3 is 2.60 bits per heavy atom. The Bertz CT molecular complexity index is 307. The fourth-order valence-electron chi connectivity index (χ4n) is 2.26. The van der Waals surface area contributed by atoms with E-state index in [0.29, 0.717) is 0 Å². The van der Waals surface area contributed by atoms with Crippen molar-refractivity contribution in [3.63, 3.8) is 0 Å². The molecule has 15 heavy (non-hydrogen) atoms. The number of benzene rings is 1. The van der Waals surface area contributed by atoms with Crippen molar-refractivity contribution in [2.24, 2.45) is 5.92 Å². The van der Waals surface area contributed by atoms with Gasteiger partial charge in [-0.05, 0) is 42.9 Å². The molecule has 0 saturated heterocycles. The van der Waals surface area contributed by atoms with Gasteiger partial charge in [-0.15, -0.1) is 0 Å². The molecule has 0 amide bonds. The molecule has 1 aliphatic rings. The van der Waals surface area contributed by atoms with E-state index in [1.165, 1.54) is 24.8 Å². The van der Waals surface area contributed by atoms with Gasteiger partial charge in [-0.1, -0.05) is 30.7 Å². The summed E-state index contributed by atoms with van der Waals surface area (Å²) >= 11 is 5.84. The van der Waals surface area contributed by atoms with Crippen LogP contribution in [0.25, 0.3) is 0 Å². The summed E-state index contributed by atoms with van der Waals surface area (Å²) in [4.78, 5) is 0. The molecule has 2 heteroatoms. The van der Waals surface area contributed by atoms with E-state index in [2.05, 4.69) is 24.4 Å². The van der Waals surface area contributed by atoms with E-state index in [-0.39, 0.29) is 0 Å². The minimum atomic E-state index is 0.718. The van der Waals surface area contributed by atoms with Gasteiger partial charge >= 0.3 is 0 Å². The molecule has 0 aliphatic heterocycles. The Labute approximate surface area is 96.8 Å². The summed E-state index contributed by atoms with van der Waals surface area (Å²) in [5, 5.41) is 4.42. The summed E-state index contributed by atoms with van der Waals surface area (Å²) in [5.41, 5.74) is 1.32. The number of nitrogens with one attached hydrogen (secondary N) is 1. The van der Waals surface area contributed by atoms with Gasteiger partial charge in [0, 0.05) is 17.6 Å². The first-order valence-corrected chi connectivity index (χ1v) is 6.09. The Morgan fingerprint density at radius 2 is 2.00 bits per heavy atom. The quantitative estimate of drug-likeness (QED) is 0.826. The molecular formula is C13H18ClN. The molecule has 1 aromatic rings. The predicted octanol–water partition coefficient (Wildman–Crippen LogP) is 3.62. The summed E-state index contributed by atoms with van der Waals surface area (Å²) < 4.78 is 0. The Balaban J connectivity index is 1.80. The van der Waals surface area contributed by atoms with E-state index >= 15 is 0 Å². The van der Waals surface area contributed by atoms with E-state index in [1.54, 1.807) is 0 Å². The maximum absolute atomic E-state index is 5.84. The van der Waals surface area contributed by atoms with Crippen LogP contribution in [0.4, 0.5) is 0 Å². The van der Waals surface area contributed by atoms with Gasteiger partial charge < -0.3 is 5.32 Å². The molecule has 82 valence electrons. The normalized spacial score (nSPS) is 25.7. The summed E-state index contributed by atoms with van der Waals surface area (Å²) in [6.07, 6.45) is 4.03. The van der Waals surface area contributed by atoms with Crippen molar-refractivity contribution in [2.45, 2.75) is 38.8 Å². The van der Waals surface area contributed by atoms with Crippen LogP contribution in [0.3, 0.4) is 0 Å². The number of hydrogen-bond donors (Lipinski definition) is 1. The molecule has 2 atom stereocenters. The Morgan fingerprint density at radius 1 is 1.27 bits per heavy atom. The SMILES string of the molecule is C[C@H]1CC[C@H](NCc2ccc(Cl)cc2)C1. The lowest BCUT2D eigenvalue weighted by atomic mass is 10.1. The van der Waals surface area contributed by atoms with Crippen LogP contribution in [0.5, 0.6) is 0 Å². The highest BCUT2D eigenvalue weighted by atomic mass is 35.5. The van der Waals surface area contributed by atoms with Gasteiger partial charge in [-0.3, -0.25) is 0 Å². The molecule has 0 heterocycles. The topological polar surface area (TPSA) is 12.0 Å². The Kier molecular flexibility index (Phi) is 3.66. The fourth-order valence-corrected chi connectivity index (χ4v) is 2.38. The van der Waals surface area contributed by atoms with Crippen LogP contribution in [0.1, 0.15) is 31.7 Å². The lowest BCUT2D eigenvalue weighted by Gasteiger charge is -2.12. The third-order valence-electron chi connectivity index (χ3n) is 3.20. The summed E-state index contributed by atoms with van der Waals surface area (Å²) in [6.45, 7) is 3.30. The highest BCUT2D eigenvalue weighted by Gasteiger charge is 2.20. The molecule has 1 aliphatic carbocycles. The lowest BCUT2D eigenvalue weighted by Crippen LogP contribution is -2.25. The minimum Gasteiger partial charge on any atom is -0.310 e. The first-order valence-electron chi connectivity index (χ1n) is 5.72. The van der Waals surface area contributed by atoms with Crippen LogP contribution in [0, 0.1) is 5.92 Å². The molecule has 1 fully saturated rings. The monoisotopic (exact) mass is 223 g/mol. The molecule has 1 nitrogen and oxygen atoms in total. The Hall–Kier alpha value is -0.530. The third kappa shape index (κ3) is 3.22. The summed E-state index contributed by atoms with van der Waals surface area (Å²) in [6, 6.07) is 8.81. The van der Waals surface area contributed by atoms with Gasteiger partial charge in [0.05, 0.1) is 0 Å². The van der Waals surface area contributed by atoms with E-state index in [1.807, 2.05) is 12.1 Å². The van der Waals surface area contributed by atoms with Gasteiger partial charge in [-0.2, -0.15) is 0 Å². The lowest BCUT2D eigenvalue weighted by molar-refractivity contribution is 0.502. The molecule has 1 N–H and O–H groups in total. The zero-order valence-corrected chi connectivity index (χ0v) is 9.93. The van der Waals surface area contributed by atoms with Gasteiger partial charge in [0.1, 0.15) is 0 Å². The zero-order valence-electron chi connectivity index (χ0n) is 9.17. The molecule has 0 bridgehead atoms. The van der Waals surface area contributed by atoms with Crippen molar-refractivity contribution < 1.29 is 0 Å². The maximum Gasteiger partial charge on any atom is 0.0406 e. The highest BCUT2D eigenvalue weighted by molar-refractivity contribution is 6.30. The van der Waals surface area contributed by atoms with Crippen LogP contribution in [0.2, 0.25) is 5.02 Å². The average Bonchev–Trinajstić information content (AvgIpc) is 2.64. The fraction of sp³-hybridized carbons (Fsp3) is 0.538. The standard InChI is InChI=1S/C13H18ClN/c1-10-2-7-13(8-10)15-9-11-3-5-12(14)6-4-11/h3-6,10,13,15H,2,7-9H2,1H3/t10-,13-/m0/s1. The molecular weight excluding hydrogens is 206 g/mol. The molecule has 0 spiro atoms. The van der Waals surface area contributed by atoms with Crippen LogP contribution in [-0.2, 0) is 6.54 Å². The average molecular weight is 224 g/mol. The molecule has 0 aromatic heterocycles. The van der Waals surface area contributed by atoms with Gasteiger partial charge in [0.15, 0.2) is 0 Å². The van der Waals surface area contributed by atoms with Crippen molar-refractivity contribution in [3.8, 4) is 0 Å².